The minimum absolute atomic E-state index is 0.231. The van der Waals surface area contributed by atoms with Crippen LogP contribution in [0.15, 0.2) is 18.5 Å². The van der Waals surface area contributed by atoms with Crippen molar-refractivity contribution in [3.63, 3.8) is 0 Å². The lowest BCUT2D eigenvalue weighted by atomic mass is 9.89. The van der Waals surface area contributed by atoms with Crippen LogP contribution in [-0.4, -0.2) is 71.0 Å². The molecule has 1 saturated carbocycles. The Balaban J connectivity index is 1.24. The molecule has 142 valence electrons. The molecular formula is C20H31N5O. The molecule has 0 aromatic carbocycles. The second-order valence-electron chi connectivity index (χ2n) is 7.96. The fraction of sp³-hybridized carbons (Fsp3) is 0.750. The summed E-state index contributed by atoms with van der Waals surface area (Å²) in [6, 6.07) is 2.62. The minimum atomic E-state index is 0.231. The first-order valence-electron chi connectivity index (χ1n) is 10.4. The quantitative estimate of drug-likeness (QED) is 0.830. The molecular weight excluding hydrogens is 326 g/mol. The van der Waals surface area contributed by atoms with Crippen LogP contribution in [0.25, 0.3) is 0 Å². The highest BCUT2D eigenvalue weighted by Gasteiger charge is 2.32. The second kappa shape index (κ2) is 8.33. The highest BCUT2D eigenvalue weighted by Crippen LogP contribution is 2.28. The molecule has 0 spiro atoms. The zero-order valence-electron chi connectivity index (χ0n) is 15.7. The van der Waals surface area contributed by atoms with Gasteiger partial charge in [0.15, 0.2) is 0 Å². The summed E-state index contributed by atoms with van der Waals surface area (Å²) in [7, 11) is 0. The van der Waals surface area contributed by atoms with Gasteiger partial charge in [-0.1, -0.05) is 19.3 Å². The molecule has 1 amide bonds. The van der Waals surface area contributed by atoms with Crippen molar-refractivity contribution < 1.29 is 4.79 Å². The molecule has 1 aromatic rings. The van der Waals surface area contributed by atoms with Gasteiger partial charge in [0, 0.05) is 50.5 Å². The van der Waals surface area contributed by atoms with Crippen LogP contribution in [0, 0.1) is 5.92 Å². The number of amides is 1. The molecule has 0 atom stereocenters. The number of hydrogen-bond donors (Lipinski definition) is 0. The lowest BCUT2D eigenvalue weighted by Gasteiger charge is -2.41. The zero-order chi connectivity index (χ0) is 17.8. The van der Waals surface area contributed by atoms with E-state index in [0.717, 1.165) is 64.1 Å². The molecule has 2 aliphatic heterocycles. The summed E-state index contributed by atoms with van der Waals surface area (Å²) in [6.07, 6.45) is 12.5. The summed E-state index contributed by atoms with van der Waals surface area (Å²) in [5.41, 5.74) is 0. The Hall–Kier alpha value is -1.69. The monoisotopic (exact) mass is 357 g/mol. The Morgan fingerprint density at radius 1 is 0.846 bits per heavy atom. The molecule has 3 aliphatic rings. The molecule has 6 nitrogen and oxygen atoms in total. The normalized spacial score (nSPS) is 24.0. The van der Waals surface area contributed by atoms with Gasteiger partial charge < -0.3 is 14.7 Å². The van der Waals surface area contributed by atoms with Gasteiger partial charge in [-0.05, 0) is 44.8 Å². The third-order valence-corrected chi connectivity index (χ3v) is 6.40. The van der Waals surface area contributed by atoms with Crippen molar-refractivity contribution in [2.24, 2.45) is 5.92 Å². The number of piperazine rings is 1. The first-order chi connectivity index (χ1) is 12.8. The molecule has 3 heterocycles. The van der Waals surface area contributed by atoms with Gasteiger partial charge in [0.05, 0.1) is 0 Å². The number of likely N-dealkylation sites (tertiary alicyclic amines) is 1. The maximum Gasteiger partial charge on any atom is 0.225 e. The fourth-order valence-electron chi connectivity index (χ4n) is 4.80. The third kappa shape index (κ3) is 4.00. The van der Waals surface area contributed by atoms with E-state index in [-0.39, 0.29) is 5.92 Å². The van der Waals surface area contributed by atoms with E-state index in [9.17, 15) is 4.79 Å². The van der Waals surface area contributed by atoms with Crippen LogP contribution in [0.1, 0.15) is 44.9 Å². The molecule has 0 unspecified atom stereocenters. The first-order valence-corrected chi connectivity index (χ1v) is 10.4. The summed E-state index contributed by atoms with van der Waals surface area (Å²) in [5.74, 6) is 1.39. The highest BCUT2D eigenvalue weighted by atomic mass is 16.2. The topological polar surface area (TPSA) is 52.6 Å². The Bertz CT molecular complexity index is 573. The van der Waals surface area contributed by atoms with E-state index >= 15 is 0 Å². The molecule has 1 aromatic heterocycles. The number of anilines is 1. The minimum Gasteiger partial charge on any atom is -0.339 e. The van der Waals surface area contributed by atoms with Crippen molar-refractivity contribution in [1.82, 2.24) is 19.8 Å². The van der Waals surface area contributed by atoms with E-state index < -0.39 is 0 Å². The number of hydrogen-bond acceptors (Lipinski definition) is 5. The standard InChI is InChI=1S/C20H31N5O/c26-19(17-7-11-23(12-8-17)18-5-2-1-3-6-18)24-13-15-25(16-14-24)20-21-9-4-10-22-20/h4,9-10,17-18H,1-3,5-8,11-16H2. The summed E-state index contributed by atoms with van der Waals surface area (Å²) < 4.78 is 0. The lowest BCUT2D eigenvalue weighted by Crippen LogP contribution is -2.52. The number of piperidine rings is 1. The molecule has 4 rings (SSSR count). The summed E-state index contributed by atoms with van der Waals surface area (Å²) in [4.78, 5) is 28.5. The van der Waals surface area contributed by atoms with Crippen molar-refractivity contribution in [1.29, 1.82) is 0 Å². The molecule has 26 heavy (non-hydrogen) atoms. The van der Waals surface area contributed by atoms with Gasteiger partial charge in [-0.15, -0.1) is 0 Å². The van der Waals surface area contributed by atoms with Crippen molar-refractivity contribution in [3.05, 3.63) is 18.5 Å². The van der Waals surface area contributed by atoms with E-state index in [2.05, 4.69) is 24.7 Å². The van der Waals surface area contributed by atoms with Crippen molar-refractivity contribution in [2.75, 3.05) is 44.2 Å². The van der Waals surface area contributed by atoms with E-state index in [4.69, 9.17) is 0 Å². The highest BCUT2D eigenvalue weighted by molar-refractivity contribution is 5.79. The molecule has 6 heteroatoms. The van der Waals surface area contributed by atoms with E-state index in [0.29, 0.717) is 5.91 Å². The van der Waals surface area contributed by atoms with Crippen LogP contribution < -0.4 is 4.90 Å². The van der Waals surface area contributed by atoms with Crippen LogP contribution in [0.3, 0.4) is 0 Å². The number of rotatable bonds is 3. The van der Waals surface area contributed by atoms with Crippen molar-refractivity contribution >= 4 is 11.9 Å². The van der Waals surface area contributed by atoms with Crippen LogP contribution in [0.2, 0.25) is 0 Å². The number of aromatic nitrogens is 2. The largest absolute Gasteiger partial charge is 0.339 e. The van der Waals surface area contributed by atoms with Gasteiger partial charge >= 0.3 is 0 Å². The first kappa shape index (κ1) is 17.7. The smallest absolute Gasteiger partial charge is 0.225 e. The number of nitrogens with zero attached hydrogens (tertiary/aromatic N) is 5. The average Bonchev–Trinajstić information content (AvgIpc) is 2.75. The van der Waals surface area contributed by atoms with Crippen molar-refractivity contribution in [3.8, 4) is 0 Å². The summed E-state index contributed by atoms with van der Waals surface area (Å²) in [6.45, 7) is 5.46. The fourth-order valence-corrected chi connectivity index (χ4v) is 4.80. The number of carbonyl (C=O) groups is 1. The summed E-state index contributed by atoms with van der Waals surface area (Å²) in [5, 5.41) is 0. The van der Waals surface area contributed by atoms with Crippen LogP contribution >= 0.6 is 0 Å². The van der Waals surface area contributed by atoms with Gasteiger partial charge in [0.25, 0.3) is 0 Å². The van der Waals surface area contributed by atoms with Gasteiger partial charge in [-0.2, -0.15) is 0 Å². The van der Waals surface area contributed by atoms with Crippen LogP contribution in [-0.2, 0) is 4.79 Å². The molecule has 0 N–H and O–H groups in total. The third-order valence-electron chi connectivity index (χ3n) is 6.40. The van der Waals surface area contributed by atoms with Gasteiger partial charge in [0.1, 0.15) is 0 Å². The van der Waals surface area contributed by atoms with E-state index in [1.807, 2.05) is 6.07 Å². The van der Waals surface area contributed by atoms with E-state index in [1.54, 1.807) is 12.4 Å². The molecule has 0 bridgehead atoms. The maximum atomic E-state index is 12.9. The Morgan fingerprint density at radius 3 is 2.15 bits per heavy atom. The van der Waals surface area contributed by atoms with E-state index in [1.165, 1.54) is 32.1 Å². The zero-order valence-corrected chi connectivity index (χ0v) is 15.7. The lowest BCUT2D eigenvalue weighted by molar-refractivity contribution is -0.137. The van der Waals surface area contributed by atoms with Gasteiger partial charge in [-0.3, -0.25) is 4.79 Å². The Kier molecular flexibility index (Phi) is 5.68. The Labute approximate surface area is 156 Å². The van der Waals surface area contributed by atoms with Crippen molar-refractivity contribution in [2.45, 2.75) is 51.0 Å². The molecule has 0 radical (unpaired) electrons. The Morgan fingerprint density at radius 2 is 1.50 bits per heavy atom. The van der Waals surface area contributed by atoms with Gasteiger partial charge in [-0.25, -0.2) is 9.97 Å². The SMILES string of the molecule is O=C(C1CCN(C2CCCCC2)CC1)N1CCN(c2ncccn2)CC1. The molecule has 2 saturated heterocycles. The number of carbonyl (C=O) groups excluding carboxylic acids is 1. The average molecular weight is 358 g/mol. The van der Waals surface area contributed by atoms with Crippen LogP contribution in [0.4, 0.5) is 5.95 Å². The molecule has 3 fully saturated rings. The predicted molar refractivity (Wildman–Crippen MR) is 102 cm³/mol. The van der Waals surface area contributed by atoms with Gasteiger partial charge in [0.2, 0.25) is 11.9 Å². The molecule has 1 aliphatic carbocycles. The second-order valence-corrected chi connectivity index (χ2v) is 7.96. The maximum absolute atomic E-state index is 12.9. The predicted octanol–water partition coefficient (Wildman–Crippen LogP) is 2.17. The summed E-state index contributed by atoms with van der Waals surface area (Å²) >= 11 is 0. The van der Waals surface area contributed by atoms with Crippen LogP contribution in [0.5, 0.6) is 0 Å².